The highest BCUT2D eigenvalue weighted by atomic mass is 19.1. The average molecular weight is 153 g/mol. The Morgan fingerprint density at radius 2 is 1.73 bits per heavy atom. The van der Waals surface area contributed by atoms with Gasteiger partial charge in [0.15, 0.2) is 0 Å². The van der Waals surface area contributed by atoms with E-state index in [0.717, 1.165) is 6.07 Å². The van der Waals surface area contributed by atoms with Gasteiger partial charge in [0.25, 0.3) is 0 Å². The van der Waals surface area contributed by atoms with Crippen LogP contribution in [0.25, 0.3) is 0 Å². The second kappa shape index (κ2) is 3.28. The van der Waals surface area contributed by atoms with Gasteiger partial charge in [0.05, 0.1) is 0 Å². The smallest absolute Gasteiger partial charge is 0.126 e. The second-order valence-corrected chi connectivity index (χ2v) is 2.20. The Kier molecular flexibility index (Phi) is 2.36. The predicted octanol–water partition coefficient (Wildman–Crippen LogP) is 2.50. The molecule has 0 unspecified atom stereocenters. The summed E-state index contributed by atoms with van der Waals surface area (Å²) in [5.41, 5.74) is 0.553. The van der Waals surface area contributed by atoms with Crippen molar-refractivity contribution in [2.45, 2.75) is 6.42 Å². The van der Waals surface area contributed by atoms with Crippen LogP contribution in [0.15, 0.2) is 24.8 Å². The normalized spacial score (nSPS) is 9.64. The van der Waals surface area contributed by atoms with Gasteiger partial charge in [-0.05, 0) is 30.2 Å². The lowest BCUT2D eigenvalue weighted by Crippen LogP contribution is -1.86. The maximum Gasteiger partial charge on any atom is 0.126 e. The molecule has 0 fully saturated rings. The first kappa shape index (κ1) is 7.92. The lowest BCUT2D eigenvalue weighted by atomic mass is 10.1. The van der Waals surface area contributed by atoms with E-state index in [1.807, 2.05) is 0 Å². The van der Waals surface area contributed by atoms with Crippen molar-refractivity contribution >= 4 is 0 Å². The summed E-state index contributed by atoms with van der Waals surface area (Å²) >= 11 is 0. The Morgan fingerprint density at radius 1 is 1.18 bits per heavy atom. The molecule has 0 nitrogen and oxygen atoms in total. The molecule has 0 amide bonds. The van der Waals surface area contributed by atoms with Gasteiger partial charge in [-0.1, -0.05) is 6.58 Å². The van der Waals surface area contributed by atoms with Crippen LogP contribution in [0.3, 0.4) is 0 Å². The van der Waals surface area contributed by atoms with Crippen molar-refractivity contribution in [1.29, 1.82) is 0 Å². The Balaban J connectivity index is 2.98. The number of hydrogen-bond acceptors (Lipinski definition) is 0. The second-order valence-electron chi connectivity index (χ2n) is 2.20. The fraction of sp³-hybridized carbons (Fsp3) is 0.111. The SMILES string of the molecule is C=[C]Cc1cc(F)cc(F)c1. The lowest BCUT2D eigenvalue weighted by Gasteiger charge is -1.96. The molecule has 11 heavy (non-hydrogen) atoms. The molecule has 0 saturated heterocycles. The molecule has 0 N–H and O–H groups in total. The third-order valence-corrected chi connectivity index (χ3v) is 1.25. The standard InChI is InChI=1S/C9H7F2/c1-2-3-7-4-8(10)6-9(11)5-7/h4-6H,1,3H2. The first-order chi connectivity index (χ1) is 5.22. The predicted molar refractivity (Wildman–Crippen MR) is 38.9 cm³/mol. The van der Waals surface area contributed by atoms with Crippen LogP contribution in [-0.2, 0) is 6.42 Å². The van der Waals surface area contributed by atoms with Crippen molar-refractivity contribution in [3.05, 3.63) is 48.1 Å². The molecule has 57 valence electrons. The molecule has 0 aliphatic carbocycles. The summed E-state index contributed by atoms with van der Waals surface area (Å²) < 4.78 is 24.9. The van der Waals surface area contributed by atoms with E-state index in [4.69, 9.17) is 0 Å². The monoisotopic (exact) mass is 153 g/mol. The Labute approximate surface area is 64.2 Å². The molecule has 1 radical (unpaired) electrons. The van der Waals surface area contributed by atoms with Crippen molar-refractivity contribution in [2.24, 2.45) is 0 Å². The van der Waals surface area contributed by atoms with Crippen LogP contribution in [0, 0.1) is 17.7 Å². The van der Waals surface area contributed by atoms with E-state index in [1.54, 1.807) is 0 Å². The van der Waals surface area contributed by atoms with Crippen LogP contribution < -0.4 is 0 Å². The fourth-order valence-electron chi connectivity index (χ4n) is 0.857. The number of halogens is 2. The maximum absolute atomic E-state index is 12.5. The summed E-state index contributed by atoms with van der Waals surface area (Å²) in [4.78, 5) is 0. The Bertz CT molecular complexity index is 246. The Morgan fingerprint density at radius 3 is 2.18 bits per heavy atom. The van der Waals surface area contributed by atoms with Gasteiger partial charge in [0.1, 0.15) is 11.6 Å². The first-order valence-corrected chi connectivity index (χ1v) is 3.17. The van der Waals surface area contributed by atoms with Crippen LogP contribution >= 0.6 is 0 Å². The van der Waals surface area contributed by atoms with Gasteiger partial charge in [0, 0.05) is 6.07 Å². The molecule has 0 aromatic heterocycles. The minimum absolute atomic E-state index is 0.370. The third kappa shape index (κ3) is 2.15. The van der Waals surface area contributed by atoms with E-state index in [2.05, 4.69) is 12.7 Å². The average Bonchev–Trinajstić information content (AvgIpc) is 1.85. The van der Waals surface area contributed by atoms with E-state index in [-0.39, 0.29) is 0 Å². The van der Waals surface area contributed by atoms with E-state index < -0.39 is 11.6 Å². The van der Waals surface area contributed by atoms with Crippen molar-refractivity contribution in [1.82, 2.24) is 0 Å². The molecular weight excluding hydrogens is 146 g/mol. The summed E-state index contributed by atoms with van der Waals surface area (Å²) in [6, 6.07) is 3.37. The number of benzene rings is 1. The summed E-state index contributed by atoms with van der Waals surface area (Å²) in [6.45, 7) is 3.35. The molecule has 0 aliphatic heterocycles. The first-order valence-electron chi connectivity index (χ1n) is 3.17. The zero-order chi connectivity index (χ0) is 8.27. The third-order valence-electron chi connectivity index (χ3n) is 1.25. The van der Waals surface area contributed by atoms with E-state index in [9.17, 15) is 8.78 Å². The van der Waals surface area contributed by atoms with Gasteiger partial charge in [-0.2, -0.15) is 0 Å². The minimum Gasteiger partial charge on any atom is -0.207 e. The molecule has 2 heteroatoms. The summed E-state index contributed by atoms with van der Waals surface area (Å²) in [5, 5.41) is 0. The van der Waals surface area contributed by atoms with Crippen LogP contribution in [-0.4, -0.2) is 0 Å². The summed E-state index contributed by atoms with van der Waals surface area (Å²) in [6.07, 6.45) is 2.92. The number of allylic oxidation sites excluding steroid dienone is 1. The van der Waals surface area contributed by atoms with Gasteiger partial charge < -0.3 is 0 Å². The molecule has 0 heterocycles. The molecule has 1 rings (SSSR count). The fourth-order valence-corrected chi connectivity index (χ4v) is 0.857. The largest absolute Gasteiger partial charge is 0.207 e. The molecule has 0 saturated carbocycles. The Hall–Kier alpha value is -1.18. The van der Waals surface area contributed by atoms with Crippen molar-refractivity contribution in [3.8, 4) is 0 Å². The minimum atomic E-state index is -0.560. The number of hydrogen-bond donors (Lipinski definition) is 0. The van der Waals surface area contributed by atoms with Crippen molar-refractivity contribution in [2.75, 3.05) is 0 Å². The van der Waals surface area contributed by atoms with Gasteiger partial charge >= 0.3 is 0 Å². The molecule has 0 spiro atoms. The molecular formula is C9H7F2. The highest BCUT2D eigenvalue weighted by molar-refractivity contribution is 5.18. The zero-order valence-corrected chi connectivity index (χ0v) is 5.90. The van der Waals surface area contributed by atoms with Gasteiger partial charge in [-0.15, -0.1) is 0 Å². The van der Waals surface area contributed by atoms with Gasteiger partial charge in [-0.25, -0.2) is 8.78 Å². The van der Waals surface area contributed by atoms with Crippen LogP contribution in [0.5, 0.6) is 0 Å². The van der Waals surface area contributed by atoms with Crippen molar-refractivity contribution in [3.63, 3.8) is 0 Å². The maximum atomic E-state index is 12.5. The van der Waals surface area contributed by atoms with E-state index in [0.29, 0.717) is 12.0 Å². The molecule has 0 atom stereocenters. The van der Waals surface area contributed by atoms with Crippen LogP contribution in [0.1, 0.15) is 5.56 Å². The van der Waals surface area contributed by atoms with Gasteiger partial charge in [0.2, 0.25) is 0 Å². The highest BCUT2D eigenvalue weighted by Crippen LogP contribution is 2.08. The van der Waals surface area contributed by atoms with Crippen LogP contribution in [0.4, 0.5) is 8.78 Å². The topological polar surface area (TPSA) is 0 Å². The van der Waals surface area contributed by atoms with E-state index in [1.165, 1.54) is 12.1 Å². The highest BCUT2D eigenvalue weighted by Gasteiger charge is 1.97. The summed E-state index contributed by atoms with van der Waals surface area (Å²) in [7, 11) is 0. The molecule has 0 bridgehead atoms. The number of rotatable bonds is 2. The zero-order valence-electron chi connectivity index (χ0n) is 5.90. The van der Waals surface area contributed by atoms with Crippen molar-refractivity contribution < 1.29 is 8.78 Å². The lowest BCUT2D eigenvalue weighted by molar-refractivity contribution is 0.580. The quantitative estimate of drug-likeness (QED) is 0.612. The molecule has 0 aliphatic rings. The van der Waals surface area contributed by atoms with E-state index >= 15 is 0 Å². The molecule has 1 aromatic rings. The molecule has 1 aromatic carbocycles. The summed E-state index contributed by atoms with van der Waals surface area (Å²) in [5.74, 6) is -1.12. The van der Waals surface area contributed by atoms with Crippen LogP contribution in [0.2, 0.25) is 0 Å². The van der Waals surface area contributed by atoms with Gasteiger partial charge in [-0.3, -0.25) is 0 Å².